The second-order valence-corrected chi connectivity index (χ2v) is 20.0. The van der Waals surface area contributed by atoms with Crippen LogP contribution in [0.1, 0.15) is 101 Å². The molecule has 0 radical (unpaired) electrons. The molecule has 0 saturated carbocycles. The van der Waals surface area contributed by atoms with Crippen molar-refractivity contribution in [3.8, 4) is 0 Å². The van der Waals surface area contributed by atoms with E-state index in [1.165, 1.54) is 6.92 Å². The molecular formula is C36H62O8Si. The Morgan fingerprint density at radius 1 is 1.22 bits per heavy atom. The average molecular weight is 651 g/mol. The van der Waals surface area contributed by atoms with Crippen LogP contribution < -0.4 is 0 Å². The van der Waals surface area contributed by atoms with Gasteiger partial charge in [-0.1, -0.05) is 72.8 Å². The molecule has 1 saturated heterocycles. The summed E-state index contributed by atoms with van der Waals surface area (Å²) >= 11 is 0. The third kappa shape index (κ3) is 12.1. The summed E-state index contributed by atoms with van der Waals surface area (Å²) in [6.45, 7) is 24.8. The van der Waals surface area contributed by atoms with Crippen molar-refractivity contribution in [2.24, 2.45) is 17.8 Å². The van der Waals surface area contributed by atoms with Gasteiger partial charge in [-0.2, -0.15) is 0 Å². The van der Waals surface area contributed by atoms with Crippen LogP contribution in [0.3, 0.4) is 0 Å². The van der Waals surface area contributed by atoms with Crippen molar-refractivity contribution in [1.29, 1.82) is 0 Å². The van der Waals surface area contributed by atoms with E-state index in [-0.39, 0.29) is 54.4 Å². The predicted octanol–water partition coefficient (Wildman–Crippen LogP) is 7.05. The summed E-state index contributed by atoms with van der Waals surface area (Å²) in [4.78, 5) is 24.5. The summed E-state index contributed by atoms with van der Waals surface area (Å²) in [5.74, 6) is -0.658. The first-order chi connectivity index (χ1) is 20.7. The van der Waals surface area contributed by atoms with Gasteiger partial charge in [0.1, 0.15) is 17.8 Å². The molecule has 0 spiro atoms. The Kier molecular flexibility index (Phi) is 14.3. The van der Waals surface area contributed by atoms with Gasteiger partial charge in [-0.25, -0.2) is 0 Å². The standard InChI is InChI=1S/C36H62O8Si/c1-13-29(44-45(11,12)35(7,8)9)26(5)34-30(42-34)21-23(2)15-14-16-24(3)33-25(4)17-18-31(41-27(6)37)36(10,40)20-19-28(38)22-32(39)43-33/h14-18,23,25-26,28-31,33-34,38,40H,13,19-22H2,1-12H3/b15-14+,18-17+,24-16+. The van der Waals surface area contributed by atoms with Crippen molar-refractivity contribution in [3.63, 3.8) is 0 Å². The van der Waals surface area contributed by atoms with E-state index in [1.807, 2.05) is 32.1 Å². The molecule has 2 rings (SSSR count). The fourth-order valence-corrected chi connectivity index (χ4v) is 7.20. The largest absolute Gasteiger partial charge is 0.457 e. The first kappa shape index (κ1) is 39.4. The van der Waals surface area contributed by atoms with E-state index in [9.17, 15) is 19.8 Å². The number of aliphatic hydroxyl groups is 2. The van der Waals surface area contributed by atoms with Gasteiger partial charge in [0.05, 0.1) is 24.7 Å². The molecule has 0 aliphatic carbocycles. The van der Waals surface area contributed by atoms with Crippen LogP contribution in [0.15, 0.2) is 36.0 Å². The van der Waals surface area contributed by atoms with Crippen molar-refractivity contribution >= 4 is 20.3 Å². The van der Waals surface area contributed by atoms with Crippen LogP contribution in [0, 0.1) is 17.8 Å². The molecule has 8 nitrogen and oxygen atoms in total. The fraction of sp³-hybridized carbons (Fsp3) is 0.778. The van der Waals surface area contributed by atoms with Gasteiger partial charge in [-0.05, 0) is 75.2 Å². The van der Waals surface area contributed by atoms with E-state index in [1.54, 1.807) is 13.0 Å². The lowest BCUT2D eigenvalue weighted by Gasteiger charge is -2.40. The number of hydrogen-bond donors (Lipinski definition) is 2. The minimum Gasteiger partial charge on any atom is -0.457 e. The number of cyclic esters (lactones) is 1. The van der Waals surface area contributed by atoms with E-state index >= 15 is 0 Å². The third-order valence-electron chi connectivity index (χ3n) is 9.85. The van der Waals surface area contributed by atoms with Crippen LogP contribution in [-0.2, 0) is 28.2 Å². The predicted molar refractivity (Wildman–Crippen MR) is 181 cm³/mol. The summed E-state index contributed by atoms with van der Waals surface area (Å²) in [7, 11) is -1.86. The number of hydrogen-bond acceptors (Lipinski definition) is 8. The van der Waals surface area contributed by atoms with Crippen molar-refractivity contribution in [3.05, 3.63) is 36.0 Å². The van der Waals surface area contributed by atoms with Gasteiger partial charge in [0, 0.05) is 24.9 Å². The van der Waals surface area contributed by atoms with Gasteiger partial charge >= 0.3 is 11.9 Å². The monoisotopic (exact) mass is 650 g/mol. The fourth-order valence-electron chi connectivity index (χ4n) is 5.70. The van der Waals surface area contributed by atoms with Crippen LogP contribution in [0.25, 0.3) is 0 Å². The Bertz CT molecular complexity index is 1070. The summed E-state index contributed by atoms with van der Waals surface area (Å²) in [6.07, 6.45) is 9.74. The van der Waals surface area contributed by atoms with Gasteiger partial charge in [-0.3, -0.25) is 9.59 Å². The summed E-state index contributed by atoms with van der Waals surface area (Å²) in [5.41, 5.74) is -0.559. The highest BCUT2D eigenvalue weighted by molar-refractivity contribution is 6.74. The minimum atomic E-state index is -1.86. The van der Waals surface area contributed by atoms with E-state index in [2.05, 4.69) is 60.7 Å². The molecule has 10 atom stereocenters. The molecule has 0 aromatic heterocycles. The lowest BCUT2D eigenvalue weighted by Crippen LogP contribution is -2.46. The van der Waals surface area contributed by atoms with Crippen LogP contribution in [0.4, 0.5) is 0 Å². The summed E-state index contributed by atoms with van der Waals surface area (Å²) < 4.78 is 24.2. The molecule has 2 aliphatic heterocycles. The molecule has 45 heavy (non-hydrogen) atoms. The van der Waals surface area contributed by atoms with Gasteiger partial charge in [0.15, 0.2) is 8.32 Å². The average Bonchev–Trinajstić information content (AvgIpc) is 3.68. The van der Waals surface area contributed by atoms with Gasteiger partial charge in [0.25, 0.3) is 0 Å². The van der Waals surface area contributed by atoms with Gasteiger partial charge in [0.2, 0.25) is 0 Å². The molecule has 0 bridgehead atoms. The Labute approximate surface area is 273 Å². The SMILES string of the molecule is CCC(O[Si](C)(C)C(C)(C)C)C(C)C1OC1CC(C)/C=C/C=C(\C)C1OC(=O)CC(O)CCC(C)(O)C(OC(C)=O)/C=C/C1C. The zero-order valence-electron chi connectivity index (χ0n) is 30.0. The number of carbonyl (C=O) groups is 2. The zero-order chi connectivity index (χ0) is 34.3. The van der Waals surface area contributed by atoms with Gasteiger partial charge < -0.3 is 28.8 Å². The summed E-state index contributed by atoms with van der Waals surface area (Å²) in [6, 6.07) is 0. The van der Waals surface area contributed by atoms with Crippen LogP contribution in [0.5, 0.6) is 0 Å². The Balaban J connectivity index is 2.09. The molecule has 0 aromatic carbocycles. The molecule has 10 unspecified atom stereocenters. The third-order valence-corrected chi connectivity index (χ3v) is 14.4. The lowest BCUT2D eigenvalue weighted by molar-refractivity contribution is -0.157. The number of esters is 2. The lowest BCUT2D eigenvalue weighted by atomic mass is 9.88. The molecule has 9 heteroatoms. The highest BCUT2D eigenvalue weighted by Crippen LogP contribution is 2.42. The maximum atomic E-state index is 12.7. The Hall–Kier alpha value is -1.78. The van der Waals surface area contributed by atoms with E-state index in [4.69, 9.17) is 18.6 Å². The molecule has 2 heterocycles. The number of epoxide rings is 1. The molecule has 0 amide bonds. The Morgan fingerprint density at radius 2 is 1.87 bits per heavy atom. The molecular weight excluding hydrogens is 588 g/mol. The van der Waals surface area contributed by atoms with E-state index < -0.39 is 44.2 Å². The molecule has 0 aromatic rings. The smallest absolute Gasteiger partial charge is 0.309 e. The maximum absolute atomic E-state index is 12.7. The van der Waals surface area contributed by atoms with Crippen molar-refractivity contribution in [2.45, 2.75) is 162 Å². The van der Waals surface area contributed by atoms with Gasteiger partial charge in [-0.15, -0.1) is 0 Å². The number of allylic oxidation sites excluding steroid dienone is 3. The van der Waals surface area contributed by atoms with E-state index in [0.29, 0.717) is 5.92 Å². The number of ether oxygens (including phenoxy) is 3. The minimum absolute atomic E-state index is 0.152. The van der Waals surface area contributed by atoms with Crippen LogP contribution >= 0.6 is 0 Å². The first-order valence-electron chi connectivity index (χ1n) is 16.8. The normalized spacial score (nSPS) is 33.4. The topological polar surface area (TPSA) is 115 Å². The van der Waals surface area contributed by atoms with Crippen LogP contribution in [-0.4, -0.2) is 72.7 Å². The second-order valence-electron chi connectivity index (χ2n) is 15.3. The highest BCUT2D eigenvalue weighted by atomic mass is 28.4. The molecule has 2 N–H and O–H groups in total. The first-order valence-corrected chi connectivity index (χ1v) is 19.7. The Morgan fingerprint density at radius 3 is 2.44 bits per heavy atom. The molecule has 2 aliphatic rings. The second kappa shape index (κ2) is 16.4. The maximum Gasteiger partial charge on any atom is 0.309 e. The number of carbonyl (C=O) groups excluding carboxylic acids is 2. The van der Waals surface area contributed by atoms with E-state index in [0.717, 1.165) is 18.4 Å². The molecule has 258 valence electrons. The van der Waals surface area contributed by atoms with Crippen molar-refractivity contribution < 1.29 is 38.4 Å². The number of rotatable bonds is 11. The highest BCUT2D eigenvalue weighted by Gasteiger charge is 2.48. The van der Waals surface area contributed by atoms with Crippen LogP contribution in [0.2, 0.25) is 18.1 Å². The quantitative estimate of drug-likeness (QED) is 0.0804. The zero-order valence-corrected chi connectivity index (χ0v) is 31.0. The number of aliphatic hydroxyl groups excluding tert-OH is 1. The molecule has 1 fully saturated rings. The summed E-state index contributed by atoms with van der Waals surface area (Å²) in [5, 5.41) is 21.6. The van der Waals surface area contributed by atoms with Crippen molar-refractivity contribution in [2.75, 3.05) is 0 Å². The van der Waals surface area contributed by atoms with Crippen molar-refractivity contribution in [1.82, 2.24) is 0 Å².